The van der Waals surface area contributed by atoms with Crippen LogP contribution in [-0.4, -0.2) is 6.20 Å². The van der Waals surface area contributed by atoms with Crippen molar-refractivity contribution in [1.82, 2.24) is 0 Å². The van der Waals surface area contributed by atoms with E-state index < -0.39 is 0 Å². The first-order valence-electron chi connectivity index (χ1n) is 0.378. The Morgan fingerprint density at radius 2 is 1.17 bits per heavy atom. The van der Waals surface area contributed by atoms with E-state index in [2.05, 4.69) is 6.20 Å². The Balaban J connectivity index is -0.000000000833. The van der Waals surface area contributed by atoms with Gasteiger partial charge in [0.15, 0.2) is 0 Å². The van der Waals surface area contributed by atoms with Gasteiger partial charge in [-0.2, -0.15) is 0 Å². The van der Waals surface area contributed by atoms with Crippen molar-refractivity contribution < 1.29 is 100 Å². The summed E-state index contributed by atoms with van der Waals surface area (Å²) in [4.78, 5) is 0. The third-order valence-corrected chi connectivity index (χ3v) is 0. The molecule has 1 radical (unpaired) electrons. The predicted octanol–water partition coefficient (Wildman–Crippen LogP) is -0.929. The van der Waals surface area contributed by atoms with E-state index in [-0.39, 0.29) is 81.0 Å². The minimum Gasteiger partial charge on any atom is 0 e. The molecule has 0 aliphatic carbocycles. The molecule has 0 spiro atoms. The molecule has 0 fully saturated rings. The Labute approximate surface area is 104 Å². The van der Waals surface area contributed by atoms with Crippen LogP contribution in [0.1, 0.15) is 0 Å². The molecule has 0 aromatic carbocycles. The van der Waals surface area contributed by atoms with Crippen molar-refractivity contribution in [1.29, 1.82) is 0 Å². The van der Waals surface area contributed by atoms with E-state index in [9.17, 15) is 0 Å². The van der Waals surface area contributed by atoms with E-state index in [4.69, 9.17) is 0 Å². The molecular formula is H2BCoCrHfPtRe. The van der Waals surface area contributed by atoms with Gasteiger partial charge in [-0.25, -0.2) is 0 Å². The Morgan fingerprint density at radius 1 is 1.17 bits per heavy atom. The van der Waals surface area contributed by atoms with Crippen LogP contribution in [0, 0.1) is 0 Å². The van der Waals surface area contributed by atoms with Crippen LogP contribution in [0.15, 0.2) is 0 Å². The van der Waals surface area contributed by atoms with Gasteiger partial charge in [-0.3, -0.25) is 0 Å². The van der Waals surface area contributed by atoms with Gasteiger partial charge in [0.25, 0.3) is 0 Å². The van der Waals surface area contributed by atoms with Crippen molar-refractivity contribution in [3.63, 3.8) is 0 Å². The molecule has 0 N–H and O–H groups in total. The average molecular weight is 684 g/mol. The molecule has 0 nitrogen and oxygen atoms in total. The molecule has 0 amide bonds. The molecule has 0 aliphatic rings. The van der Waals surface area contributed by atoms with Gasteiger partial charge in [0.05, 0.1) is 0 Å². The average Bonchev–Trinajstić information content (AvgIpc) is 1.00. The van der Waals surface area contributed by atoms with Crippen molar-refractivity contribution in [3.05, 3.63) is 0 Å². The van der Waals surface area contributed by atoms with Gasteiger partial charge in [-0.15, -0.1) is 0 Å². The van der Waals surface area contributed by atoms with Crippen molar-refractivity contribution in [2.24, 2.45) is 0 Å². The minimum atomic E-state index is 0. The SMILES string of the molecule is [BH2][Re].[Co].[Cr].[Hf].[Pt]. The van der Waals surface area contributed by atoms with E-state index in [1.807, 2.05) is 0 Å². The fraction of sp³-hybridized carbons (Fsp3) is 0. The molecule has 0 rings (SSSR count). The summed E-state index contributed by atoms with van der Waals surface area (Å²) in [5, 5.41) is 0. The first-order valence-corrected chi connectivity index (χ1v) is 3.09. The largest absolute Gasteiger partial charge is 0 e. The fourth-order valence-electron chi connectivity index (χ4n) is 0. The number of hydrogen-bond acceptors (Lipinski definition) is 0. The Morgan fingerprint density at radius 3 is 1.17 bits per heavy atom. The smallest absolute Gasteiger partial charge is 0 e. The van der Waals surface area contributed by atoms with Crippen molar-refractivity contribution in [2.45, 2.75) is 0 Å². The summed E-state index contributed by atoms with van der Waals surface area (Å²) in [7, 11) is 0. The predicted molar refractivity (Wildman–Crippen MR) is 8.54 cm³/mol. The molecule has 0 unspecified atom stereocenters. The zero-order valence-electron chi connectivity index (χ0n) is 2.94. The quantitative estimate of drug-likeness (QED) is 0.290. The van der Waals surface area contributed by atoms with Gasteiger partial charge in [0.1, 0.15) is 0 Å². The molecule has 0 bridgehead atoms. The van der Waals surface area contributed by atoms with E-state index in [1.54, 1.807) is 19.0 Å². The third-order valence-electron chi connectivity index (χ3n) is 0. The van der Waals surface area contributed by atoms with Crippen molar-refractivity contribution in [3.8, 4) is 0 Å². The van der Waals surface area contributed by atoms with Crippen LogP contribution in [0.3, 0.4) is 0 Å². The molecule has 0 aromatic heterocycles. The van der Waals surface area contributed by atoms with Crippen LogP contribution < -0.4 is 0 Å². The van der Waals surface area contributed by atoms with Crippen LogP contribution >= 0.6 is 0 Å². The second-order valence-corrected chi connectivity index (χ2v) is 0. The van der Waals surface area contributed by atoms with Gasteiger partial charge in [-0.1, -0.05) is 0 Å². The zero-order valence-corrected chi connectivity index (χ0v) is 13.8. The monoisotopic (exact) mass is 686 g/mol. The molecule has 0 saturated heterocycles. The Hall–Kier alpha value is 3.32. The molecule has 0 heterocycles. The summed E-state index contributed by atoms with van der Waals surface area (Å²) in [5.74, 6) is 0. The third kappa shape index (κ3) is 26.5. The Kier molecular flexibility index (Phi) is 233. The summed E-state index contributed by atoms with van der Waals surface area (Å²) < 4.78 is 0. The Bertz CT molecular complexity index is 15.5. The van der Waals surface area contributed by atoms with E-state index in [0.29, 0.717) is 0 Å². The van der Waals surface area contributed by atoms with Crippen LogP contribution in [0.25, 0.3) is 0 Å². The van der Waals surface area contributed by atoms with E-state index in [1.165, 1.54) is 0 Å². The van der Waals surface area contributed by atoms with Crippen molar-refractivity contribution >= 4 is 6.20 Å². The van der Waals surface area contributed by atoms with E-state index >= 15 is 0 Å². The zero-order chi connectivity index (χ0) is 2.00. The standard InChI is InChI=1S/BH2.Co.Cr.Hf.Pt.Re/h1H2;;;;;/q+1;;;;;-1. The van der Waals surface area contributed by atoms with Gasteiger partial charge >= 0.3 is 25.2 Å². The maximum Gasteiger partial charge on any atom is 0 e. The minimum absolute atomic E-state index is 0. The summed E-state index contributed by atoms with van der Waals surface area (Å²) in [6.45, 7) is 0. The maximum absolute atomic E-state index is 2.06. The molecule has 41 valence electrons. The second-order valence-electron chi connectivity index (χ2n) is 0. The molecule has 6 heavy (non-hydrogen) atoms. The van der Waals surface area contributed by atoms with Gasteiger partial charge in [-0.05, 0) is 0 Å². The maximum atomic E-state index is 2.06. The summed E-state index contributed by atoms with van der Waals surface area (Å²) in [6.07, 6.45) is 2.06. The van der Waals surface area contributed by atoms with Crippen LogP contribution in [0.4, 0.5) is 0 Å². The second kappa shape index (κ2) is 40.4. The first kappa shape index (κ1) is 34.6. The fourth-order valence-corrected chi connectivity index (χ4v) is 0. The molecule has 0 aromatic rings. The molecule has 0 atom stereocenters. The molecule has 0 saturated carbocycles. The first-order chi connectivity index (χ1) is 1.00. The van der Waals surface area contributed by atoms with E-state index in [0.717, 1.165) is 0 Å². The van der Waals surface area contributed by atoms with Gasteiger partial charge < -0.3 is 0 Å². The van der Waals surface area contributed by atoms with Crippen LogP contribution in [-0.2, 0) is 100 Å². The normalized spacial score (nSPS) is 0.833. The summed E-state index contributed by atoms with van der Waals surface area (Å²) in [5.41, 5.74) is 0. The van der Waals surface area contributed by atoms with Gasteiger partial charge in [0.2, 0.25) is 0 Å². The van der Waals surface area contributed by atoms with Crippen molar-refractivity contribution in [2.75, 3.05) is 0 Å². The number of hydrogen-bond donors (Lipinski definition) is 0. The molecule has 6 heteroatoms. The topological polar surface area (TPSA) is 0 Å². The summed E-state index contributed by atoms with van der Waals surface area (Å²) >= 11 is 1.72. The molecule has 0 aliphatic heterocycles. The van der Waals surface area contributed by atoms with Crippen LogP contribution in [0.5, 0.6) is 0 Å². The number of rotatable bonds is 0. The van der Waals surface area contributed by atoms with Gasteiger partial charge in [0, 0.05) is 81.0 Å². The van der Waals surface area contributed by atoms with Crippen LogP contribution in [0.2, 0.25) is 0 Å². The summed E-state index contributed by atoms with van der Waals surface area (Å²) in [6, 6.07) is 0. The molecular weight excluding hydrogens is 682 g/mol.